The molecule has 0 aliphatic carbocycles. The van der Waals surface area contributed by atoms with Gasteiger partial charge in [-0.3, -0.25) is 4.79 Å². The van der Waals surface area contributed by atoms with Gasteiger partial charge in [-0.15, -0.1) is 0 Å². The van der Waals surface area contributed by atoms with Gasteiger partial charge in [0.1, 0.15) is 5.75 Å². The molecule has 2 aliphatic heterocycles. The highest BCUT2D eigenvalue weighted by Crippen LogP contribution is 2.37. The molecule has 2 unspecified atom stereocenters. The molecule has 2 atom stereocenters. The van der Waals surface area contributed by atoms with Crippen LogP contribution in [-0.4, -0.2) is 37.6 Å². The molecule has 1 aromatic carbocycles. The Morgan fingerprint density at radius 3 is 3.00 bits per heavy atom. The van der Waals surface area contributed by atoms with Crippen molar-refractivity contribution in [2.24, 2.45) is 5.92 Å². The normalized spacial score (nSPS) is 24.7. The van der Waals surface area contributed by atoms with Gasteiger partial charge in [-0.1, -0.05) is 18.2 Å². The molecule has 22 heavy (non-hydrogen) atoms. The lowest BCUT2D eigenvalue weighted by Gasteiger charge is -2.26. The third-order valence-electron chi connectivity index (χ3n) is 5.00. The summed E-state index contributed by atoms with van der Waals surface area (Å²) in [5.74, 6) is 1.88. The number of ether oxygens (including phenoxy) is 1. The van der Waals surface area contributed by atoms with Gasteiger partial charge < -0.3 is 15.0 Å². The molecule has 0 aromatic heterocycles. The average molecular weight is 302 g/mol. The summed E-state index contributed by atoms with van der Waals surface area (Å²) in [5.41, 5.74) is 1.15. The fourth-order valence-corrected chi connectivity index (χ4v) is 3.76. The Kier molecular flexibility index (Phi) is 4.98. The molecule has 0 bridgehead atoms. The Balaban J connectivity index is 1.65. The maximum atomic E-state index is 12.7. The van der Waals surface area contributed by atoms with Gasteiger partial charge in [-0.25, -0.2) is 0 Å². The fraction of sp³-hybridized carbons (Fsp3) is 0.611. The molecule has 2 aliphatic rings. The topological polar surface area (TPSA) is 41.6 Å². The molecule has 1 aromatic rings. The maximum absolute atomic E-state index is 12.7. The molecular formula is C18H26N2O2. The molecule has 2 heterocycles. The zero-order valence-electron chi connectivity index (χ0n) is 13.4. The van der Waals surface area contributed by atoms with E-state index in [1.165, 1.54) is 6.42 Å². The minimum Gasteiger partial charge on any atom is -0.496 e. The van der Waals surface area contributed by atoms with E-state index in [0.717, 1.165) is 50.2 Å². The number of benzene rings is 1. The molecule has 2 saturated heterocycles. The van der Waals surface area contributed by atoms with Crippen LogP contribution < -0.4 is 10.1 Å². The van der Waals surface area contributed by atoms with Crippen molar-refractivity contribution >= 4 is 5.91 Å². The van der Waals surface area contributed by atoms with E-state index in [-0.39, 0.29) is 6.04 Å². The first kappa shape index (κ1) is 15.3. The van der Waals surface area contributed by atoms with Gasteiger partial charge in [0.15, 0.2) is 0 Å². The van der Waals surface area contributed by atoms with E-state index < -0.39 is 0 Å². The van der Waals surface area contributed by atoms with Crippen molar-refractivity contribution in [1.29, 1.82) is 0 Å². The van der Waals surface area contributed by atoms with Crippen LogP contribution in [0, 0.1) is 5.92 Å². The van der Waals surface area contributed by atoms with Crippen LogP contribution in [0.5, 0.6) is 5.75 Å². The first-order valence-electron chi connectivity index (χ1n) is 8.42. The number of likely N-dealkylation sites (tertiary alicyclic amines) is 1. The molecule has 1 N–H and O–H groups in total. The molecule has 3 rings (SSSR count). The predicted molar refractivity (Wildman–Crippen MR) is 86.9 cm³/mol. The summed E-state index contributed by atoms with van der Waals surface area (Å²) in [5, 5.41) is 3.37. The van der Waals surface area contributed by atoms with Crippen molar-refractivity contribution in [2.45, 2.75) is 38.1 Å². The summed E-state index contributed by atoms with van der Waals surface area (Å²) in [6, 6.07) is 8.28. The zero-order chi connectivity index (χ0) is 15.4. The largest absolute Gasteiger partial charge is 0.496 e. The van der Waals surface area contributed by atoms with Crippen LogP contribution in [-0.2, 0) is 4.79 Å². The Morgan fingerprint density at radius 1 is 1.36 bits per heavy atom. The number of amides is 1. The van der Waals surface area contributed by atoms with Crippen LogP contribution in [0.15, 0.2) is 24.3 Å². The molecule has 0 radical (unpaired) electrons. The summed E-state index contributed by atoms with van der Waals surface area (Å²) in [6.45, 7) is 3.06. The second-order valence-corrected chi connectivity index (χ2v) is 6.38. The second-order valence-electron chi connectivity index (χ2n) is 6.38. The van der Waals surface area contributed by atoms with E-state index in [0.29, 0.717) is 18.2 Å². The number of nitrogens with zero attached hydrogens (tertiary/aromatic N) is 1. The van der Waals surface area contributed by atoms with Gasteiger partial charge in [0.05, 0.1) is 13.2 Å². The monoisotopic (exact) mass is 302 g/mol. The highest BCUT2D eigenvalue weighted by molar-refractivity contribution is 5.77. The highest BCUT2D eigenvalue weighted by atomic mass is 16.5. The van der Waals surface area contributed by atoms with E-state index in [1.54, 1.807) is 7.11 Å². The molecule has 0 saturated carbocycles. The second kappa shape index (κ2) is 7.14. The smallest absolute Gasteiger partial charge is 0.223 e. The van der Waals surface area contributed by atoms with Crippen molar-refractivity contribution in [3.8, 4) is 5.75 Å². The number of nitrogens with one attached hydrogen (secondary N) is 1. The van der Waals surface area contributed by atoms with Gasteiger partial charge in [-0.05, 0) is 50.8 Å². The quantitative estimate of drug-likeness (QED) is 0.909. The van der Waals surface area contributed by atoms with Crippen LogP contribution in [0.1, 0.15) is 43.7 Å². The summed E-state index contributed by atoms with van der Waals surface area (Å²) in [4.78, 5) is 14.7. The molecule has 0 spiro atoms. The van der Waals surface area contributed by atoms with Crippen molar-refractivity contribution in [3.05, 3.63) is 29.8 Å². The van der Waals surface area contributed by atoms with E-state index >= 15 is 0 Å². The zero-order valence-corrected chi connectivity index (χ0v) is 13.4. The van der Waals surface area contributed by atoms with E-state index in [1.807, 2.05) is 18.2 Å². The van der Waals surface area contributed by atoms with Crippen molar-refractivity contribution < 1.29 is 9.53 Å². The summed E-state index contributed by atoms with van der Waals surface area (Å²) in [6.07, 6.45) is 5.03. The minimum atomic E-state index is 0.186. The third kappa shape index (κ3) is 3.27. The fourth-order valence-electron chi connectivity index (χ4n) is 3.76. The van der Waals surface area contributed by atoms with Crippen LogP contribution in [0.3, 0.4) is 0 Å². The number of rotatable bonds is 5. The van der Waals surface area contributed by atoms with Gasteiger partial charge in [0.25, 0.3) is 0 Å². The number of carbonyl (C=O) groups is 1. The third-order valence-corrected chi connectivity index (χ3v) is 5.00. The van der Waals surface area contributed by atoms with Gasteiger partial charge >= 0.3 is 0 Å². The van der Waals surface area contributed by atoms with Crippen LogP contribution in [0.25, 0.3) is 0 Å². The van der Waals surface area contributed by atoms with Crippen LogP contribution in [0.4, 0.5) is 0 Å². The Bertz CT molecular complexity index is 512. The SMILES string of the molecule is COc1ccccc1C1CCCN1C(=O)CCC1CCNC1. The Hall–Kier alpha value is -1.55. The molecule has 4 nitrogen and oxygen atoms in total. The van der Waals surface area contributed by atoms with Crippen molar-refractivity contribution in [3.63, 3.8) is 0 Å². The Labute approximate surface area is 132 Å². The lowest BCUT2D eigenvalue weighted by molar-refractivity contribution is -0.132. The van der Waals surface area contributed by atoms with Gasteiger partial charge in [-0.2, -0.15) is 0 Å². The molecule has 4 heteroatoms. The number of methoxy groups -OCH3 is 1. The standard InChI is InChI=1S/C18H26N2O2/c1-22-17-7-3-2-5-15(17)16-6-4-12-20(16)18(21)9-8-14-10-11-19-13-14/h2-3,5,7,14,16,19H,4,6,8-13H2,1H3. The van der Waals surface area contributed by atoms with Crippen molar-refractivity contribution in [2.75, 3.05) is 26.7 Å². The number of carbonyl (C=O) groups excluding carboxylic acids is 1. The van der Waals surface area contributed by atoms with E-state index in [4.69, 9.17) is 4.74 Å². The van der Waals surface area contributed by atoms with E-state index in [2.05, 4.69) is 16.3 Å². The Morgan fingerprint density at radius 2 is 2.23 bits per heavy atom. The number of hydrogen-bond acceptors (Lipinski definition) is 3. The van der Waals surface area contributed by atoms with Crippen molar-refractivity contribution in [1.82, 2.24) is 10.2 Å². The summed E-state index contributed by atoms with van der Waals surface area (Å²) >= 11 is 0. The lowest BCUT2D eigenvalue weighted by Crippen LogP contribution is -2.31. The maximum Gasteiger partial charge on any atom is 0.223 e. The molecule has 1 amide bonds. The van der Waals surface area contributed by atoms with Crippen LogP contribution >= 0.6 is 0 Å². The van der Waals surface area contributed by atoms with Gasteiger partial charge in [0.2, 0.25) is 5.91 Å². The predicted octanol–water partition coefficient (Wildman–Crippen LogP) is 2.75. The molecule has 2 fully saturated rings. The average Bonchev–Trinajstić information content (AvgIpc) is 3.23. The molecule has 120 valence electrons. The van der Waals surface area contributed by atoms with Gasteiger partial charge in [0, 0.05) is 18.5 Å². The lowest BCUT2D eigenvalue weighted by atomic mass is 10.0. The highest BCUT2D eigenvalue weighted by Gasteiger charge is 2.31. The van der Waals surface area contributed by atoms with E-state index in [9.17, 15) is 4.79 Å². The minimum absolute atomic E-state index is 0.186. The molecular weight excluding hydrogens is 276 g/mol. The number of hydrogen-bond donors (Lipinski definition) is 1. The van der Waals surface area contributed by atoms with Crippen LogP contribution in [0.2, 0.25) is 0 Å². The number of para-hydroxylation sites is 1. The summed E-state index contributed by atoms with van der Waals surface area (Å²) in [7, 11) is 1.70. The first-order chi connectivity index (χ1) is 10.8. The first-order valence-corrected chi connectivity index (χ1v) is 8.42. The summed E-state index contributed by atoms with van der Waals surface area (Å²) < 4.78 is 5.48.